The van der Waals surface area contributed by atoms with E-state index in [2.05, 4.69) is 10.5 Å². The van der Waals surface area contributed by atoms with E-state index in [0.717, 1.165) is 5.56 Å². The predicted octanol–water partition coefficient (Wildman–Crippen LogP) is 5.94. The van der Waals surface area contributed by atoms with Gasteiger partial charge in [-0.2, -0.15) is 5.10 Å². The average molecular weight is 462 g/mol. The SMILES string of the molecule is Cc1ccc(C(=O)N/N=C\c2ccc(OC(=O)c3ccc(Cl)cc3Cl)cc2)c(Cl)c1. The highest BCUT2D eigenvalue weighted by Crippen LogP contribution is 2.23. The third kappa shape index (κ3) is 5.60. The van der Waals surface area contributed by atoms with Gasteiger partial charge in [0.1, 0.15) is 5.75 Å². The van der Waals surface area contributed by atoms with Gasteiger partial charge in [0.05, 0.1) is 27.4 Å². The van der Waals surface area contributed by atoms with Crippen LogP contribution >= 0.6 is 34.8 Å². The third-order valence-electron chi connectivity index (χ3n) is 3.99. The topological polar surface area (TPSA) is 67.8 Å². The number of carbonyl (C=O) groups excluding carboxylic acids is 2. The molecular formula is C22H15Cl3N2O3. The largest absolute Gasteiger partial charge is 0.423 e. The summed E-state index contributed by atoms with van der Waals surface area (Å²) >= 11 is 17.9. The fourth-order valence-corrected chi connectivity index (χ4v) is 3.28. The summed E-state index contributed by atoms with van der Waals surface area (Å²) in [4.78, 5) is 24.4. The molecule has 3 aromatic rings. The number of rotatable bonds is 5. The van der Waals surface area contributed by atoms with Gasteiger partial charge in [0.2, 0.25) is 0 Å². The molecule has 3 rings (SSSR count). The number of aryl methyl sites for hydroxylation is 1. The van der Waals surface area contributed by atoms with Crippen LogP contribution < -0.4 is 10.2 Å². The van der Waals surface area contributed by atoms with E-state index < -0.39 is 11.9 Å². The Morgan fingerprint density at radius 1 is 0.900 bits per heavy atom. The molecule has 0 atom stereocenters. The molecule has 0 saturated heterocycles. The van der Waals surface area contributed by atoms with Crippen molar-refractivity contribution in [3.05, 3.63) is 98.0 Å². The van der Waals surface area contributed by atoms with Gasteiger partial charge in [0.15, 0.2) is 0 Å². The van der Waals surface area contributed by atoms with Gasteiger partial charge in [-0.25, -0.2) is 10.2 Å². The third-order valence-corrected chi connectivity index (χ3v) is 4.85. The van der Waals surface area contributed by atoms with Gasteiger partial charge in [-0.1, -0.05) is 40.9 Å². The summed E-state index contributed by atoms with van der Waals surface area (Å²) in [7, 11) is 0. The Morgan fingerprint density at radius 2 is 1.57 bits per heavy atom. The molecule has 0 aromatic heterocycles. The van der Waals surface area contributed by atoms with E-state index in [1.54, 1.807) is 48.5 Å². The normalized spacial score (nSPS) is 10.8. The second-order valence-electron chi connectivity index (χ2n) is 6.27. The lowest BCUT2D eigenvalue weighted by Crippen LogP contribution is -2.18. The molecule has 0 bridgehead atoms. The Labute approximate surface area is 188 Å². The lowest BCUT2D eigenvalue weighted by molar-refractivity contribution is 0.0734. The number of benzene rings is 3. The molecule has 0 spiro atoms. The van der Waals surface area contributed by atoms with E-state index in [9.17, 15) is 9.59 Å². The van der Waals surface area contributed by atoms with E-state index in [1.807, 2.05) is 6.92 Å². The number of nitrogens with one attached hydrogen (secondary N) is 1. The summed E-state index contributed by atoms with van der Waals surface area (Å²) in [6.07, 6.45) is 1.46. The molecule has 0 radical (unpaired) electrons. The van der Waals surface area contributed by atoms with Crippen molar-refractivity contribution in [1.29, 1.82) is 0 Å². The molecule has 8 heteroatoms. The molecule has 5 nitrogen and oxygen atoms in total. The van der Waals surface area contributed by atoms with Crippen LogP contribution in [0.2, 0.25) is 15.1 Å². The number of esters is 1. The first-order valence-corrected chi connectivity index (χ1v) is 9.84. The van der Waals surface area contributed by atoms with Crippen LogP contribution in [0.1, 0.15) is 31.8 Å². The number of hydrogen-bond acceptors (Lipinski definition) is 4. The minimum absolute atomic E-state index is 0.209. The standard InChI is InChI=1S/C22H15Cl3N2O3/c1-13-2-8-17(19(24)10-13)21(28)27-26-12-14-3-6-16(7-4-14)30-22(29)18-9-5-15(23)11-20(18)25/h2-12H,1H3,(H,27,28)/b26-12-. The number of amides is 1. The highest BCUT2D eigenvalue weighted by atomic mass is 35.5. The first kappa shape index (κ1) is 21.8. The fraction of sp³-hybridized carbons (Fsp3) is 0.0455. The van der Waals surface area contributed by atoms with Gasteiger partial charge in [-0.05, 0) is 72.6 Å². The molecule has 3 aromatic carbocycles. The minimum atomic E-state index is -0.597. The van der Waals surface area contributed by atoms with Crippen LogP contribution in [0.5, 0.6) is 5.75 Å². The molecule has 152 valence electrons. The van der Waals surface area contributed by atoms with E-state index in [4.69, 9.17) is 39.5 Å². The lowest BCUT2D eigenvalue weighted by Gasteiger charge is -2.06. The number of hydrazone groups is 1. The smallest absolute Gasteiger partial charge is 0.345 e. The van der Waals surface area contributed by atoms with Gasteiger partial charge in [-0.15, -0.1) is 0 Å². The summed E-state index contributed by atoms with van der Waals surface area (Å²) < 4.78 is 5.30. The van der Waals surface area contributed by atoms with Gasteiger partial charge in [-0.3, -0.25) is 4.79 Å². The van der Waals surface area contributed by atoms with Crippen LogP contribution in [0.4, 0.5) is 0 Å². The molecule has 0 aliphatic carbocycles. The maximum atomic E-state index is 12.2. The van der Waals surface area contributed by atoms with Gasteiger partial charge >= 0.3 is 5.97 Å². The van der Waals surface area contributed by atoms with Crippen LogP contribution in [0.3, 0.4) is 0 Å². The van der Waals surface area contributed by atoms with Crippen LogP contribution in [-0.2, 0) is 0 Å². The molecular weight excluding hydrogens is 447 g/mol. The Balaban J connectivity index is 1.60. The zero-order valence-corrected chi connectivity index (χ0v) is 17.9. The zero-order chi connectivity index (χ0) is 21.7. The van der Waals surface area contributed by atoms with Crippen molar-refractivity contribution in [2.24, 2.45) is 5.10 Å². The predicted molar refractivity (Wildman–Crippen MR) is 119 cm³/mol. The number of halogens is 3. The van der Waals surface area contributed by atoms with Crippen molar-refractivity contribution < 1.29 is 14.3 Å². The quantitative estimate of drug-likeness (QED) is 0.221. The van der Waals surface area contributed by atoms with Crippen LogP contribution in [0, 0.1) is 6.92 Å². The number of hydrogen-bond donors (Lipinski definition) is 1. The van der Waals surface area contributed by atoms with Crippen LogP contribution in [0.15, 0.2) is 65.8 Å². The van der Waals surface area contributed by atoms with Crippen LogP contribution in [-0.4, -0.2) is 18.1 Å². The van der Waals surface area contributed by atoms with Gasteiger partial charge in [0, 0.05) is 5.02 Å². The second kappa shape index (κ2) is 9.76. The average Bonchev–Trinajstić information content (AvgIpc) is 2.69. The molecule has 0 heterocycles. The summed E-state index contributed by atoms with van der Waals surface area (Å²) in [5.74, 6) is -0.680. The highest BCUT2D eigenvalue weighted by Gasteiger charge is 2.13. The Kier molecular flexibility index (Phi) is 7.11. The Morgan fingerprint density at radius 3 is 2.23 bits per heavy atom. The van der Waals surface area contributed by atoms with Crippen molar-refractivity contribution in [1.82, 2.24) is 5.43 Å². The van der Waals surface area contributed by atoms with Crippen molar-refractivity contribution in [3.63, 3.8) is 0 Å². The van der Waals surface area contributed by atoms with Gasteiger partial charge in [0.25, 0.3) is 5.91 Å². The van der Waals surface area contributed by atoms with Crippen LogP contribution in [0.25, 0.3) is 0 Å². The minimum Gasteiger partial charge on any atom is -0.423 e. The fourth-order valence-electron chi connectivity index (χ4n) is 2.47. The highest BCUT2D eigenvalue weighted by molar-refractivity contribution is 6.36. The molecule has 0 unspecified atom stereocenters. The van der Waals surface area contributed by atoms with Gasteiger partial charge < -0.3 is 4.74 Å². The first-order valence-electron chi connectivity index (χ1n) is 8.70. The first-order chi connectivity index (χ1) is 14.3. The number of ether oxygens (including phenoxy) is 1. The summed E-state index contributed by atoms with van der Waals surface area (Å²) in [6.45, 7) is 1.89. The lowest BCUT2D eigenvalue weighted by atomic mass is 10.1. The molecule has 0 aliphatic rings. The maximum Gasteiger partial charge on any atom is 0.345 e. The summed E-state index contributed by atoms with van der Waals surface area (Å²) in [5.41, 5.74) is 4.62. The summed E-state index contributed by atoms with van der Waals surface area (Å²) in [5, 5.41) is 4.91. The molecule has 1 N–H and O–H groups in total. The molecule has 0 aliphatic heterocycles. The molecule has 30 heavy (non-hydrogen) atoms. The molecule has 0 fully saturated rings. The second-order valence-corrected chi connectivity index (χ2v) is 7.52. The zero-order valence-electron chi connectivity index (χ0n) is 15.7. The van der Waals surface area contributed by atoms with Crippen molar-refractivity contribution in [3.8, 4) is 5.75 Å². The molecule has 1 amide bonds. The van der Waals surface area contributed by atoms with E-state index in [0.29, 0.717) is 26.9 Å². The summed E-state index contributed by atoms with van der Waals surface area (Å²) in [6, 6.07) is 16.2. The van der Waals surface area contributed by atoms with Crippen molar-refractivity contribution in [2.45, 2.75) is 6.92 Å². The number of carbonyl (C=O) groups is 2. The van der Waals surface area contributed by atoms with Crippen molar-refractivity contribution >= 4 is 52.9 Å². The van der Waals surface area contributed by atoms with Crippen molar-refractivity contribution in [2.75, 3.05) is 0 Å². The Bertz CT molecular complexity index is 1130. The van der Waals surface area contributed by atoms with E-state index in [1.165, 1.54) is 18.3 Å². The molecule has 0 saturated carbocycles. The maximum absolute atomic E-state index is 12.2. The monoisotopic (exact) mass is 460 g/mol. The van der Waals surface area contributed by atoms with E-state index in [-0.39, 0.29) is 10.6 Å². The van der Waals surface area contributed by atoms with E-state index >= 15 is 0 Å². The number of nitrogens with zero attached hydrogens (tertiary/aromatic N) is 1. The Hall–Kier alpha value is -2.86.